The van der Waals surface area contributed by atoms with E-state index in [1.165, 1.54) is 116 Å². The van der Waals surface area contributed by atoms with Crippen LogP contribution in [0.1, 0.15) is 194 Å². The zero-order valence-electron chi connectivity index (χ0n) is 35.9. The molecule has 3 atom stereocenters. The van der Waals surface area contributed by atoms with Crippen LogP contribution in [0.3, 0.4) is 0 Å². The SMILES string of the molecule is CCCCCCC/C=C\CCCCCCCC(=O)NC(COP(=O)([O-])OCC[N+](C)(C)C)C(O)/C=C/CC/C=C/CCCCCCCCCCCCCC. The number of nitrogens with zero attached hydrogens (tertiary/aromatic N) is 1. The van der Waals surface area contributed by atoms with Gasteiger partial charge in [0.25, 0.3) is 7.82 Å². The Morgan fingerprint density at radius 3 is 1.50 bits per heavy atom. The first-order valence-corrected chi connectivity index (χ1v) is 23.8. The number of carbonyl (C=O) groups is 1. The maximum atomic E-state index is 12.8. The first-order valence-electron chi connectivity index (χ1n) is 22.4. The summed E-state index contributed by atoms with van der Waals surface area (Å²) in [7, 11) is 1.24. The maximum absolute atomic E-state index is 12.8. The van der Waals surface area contributed by atoms with Crippen LogP contribution in [0.25, 0.3) is 0 Å². The number of amides is 1. The molecular weight excluding hydrogens is 695 g/mol. The molecule has 0 spiro atoms. The number of likely N-dealkylation sites (N-methyl/N-ethyl adjacent to an activating group) is 1. The summed E-state index contributed by atoms with van der Waals surface area (Å²) in [4.78, 5) is 25.3. The molecule has 2 N–H and O–H groups in total. The van der Waals surface area contributed by atoms with Crippen molar-refractivity contribution in [2.75, 3.05) is 40.9 Å². The molecular formula is C45H87N2O6P. The highest BCUT2D eigenvalue weighted by atomic mass is 31.2. The molecule has 0 rings (SSSR count). The van der Waals surface area contributed by atoms with Crippen molar-refractivity contribution in [1.82, 2.24) is 5.32 Å². The lowest BCUT2D eigenvalue weighted by Gasteiger charge is -2.29. The highest BCUT2D eigenvalue weighted by molar-refractivity contribution is 7.45. The molecule has 8 nitrogen and oxygen atoms in total. The molecule has 0 aliphatic carbocycles. The standard InChI is InChI=1S/C45H87N2O6P/c1-6-8-10-12-14-16-18-20-22-23-24-25-26-28-30-32-34-36-38-44(48)43(42-53-54(50,51)52-41-40-47(3,4)5)46-45(49)39-37-35-33-31-29-27-21-19-17-15-13-11-9-7-2/h19,21,28,30,36,38,43-44,48H,6-18,20,22-27,29,31-35,37,39-42H2,1-5H3,(H-,46,49,50,51)/b21-19-,30-28+,38-36+. The Balaban J connectivity index is 4.49. The molecule has 1 amide bonds. The van der Waals surface area contributed by atoms with Crippen LogP contribution in [0.15, 0.2) is 36.5 Å². The molecule has 0 heterocycles. The molecule has 3 unspecified atom stereocenters. The van der Waals surface area contributed by atoms with Crippen molar-refractivity contribution in [3.63, 3.8) is 0 Å². The molecule has 54 heavy (non-hydrogen) atoms. The Bertz CT molecular complexity index is 980. The van der Waals surface area contributed by atoms with Crippen molar-refractivity contribution in [3.05, 3.63) is 36.5 Å². The van der Waals surface area contributed by atoms with Crippen molar-refractivity contribution in [2.24, 2.45) is 0 Å². The Labute approximate surface area is 334 Å². The second-order valence-corrected chi connectivity index (χ2v) is 17.8. The molecule has 0 aliphatic heterocycles. The summed E-state index contributed by atoms with van der Waals surface area (Å²) < 4.78 is 23.2. The van der Waals surface area contributed by atoms with Gasteiger partial charge in [0.1, 0.15) is 13.2 Å². The van der Waals surface area contributed by atoms with Crippen LogP contribution >= 0.6 is 7.82 Å². The van der Waals surface area contributed by atoms with Crippen LogP contribution < -0.4 is 10.2 Å². The minimum atomic E-state index is -4.59. The Kier molecular flexibility index (Phi) is 36.4. The van der Waals surface area contributed by atoms with E-state index in [9.17, 15) is 19.4 Å². The number of aliphatic hydroxyl groups is 1. The molecule has 0 aromatic heterocycles. The largest absolute Gasteiger partial charge is 0.756 e. The van der Waals surface area contributed by atoms with Gasteiger partial charge in [0.15, 0.2) is 0 Å². The van der Waals surface area contributed by atoms with Gasteiger partial charge < -0.3 is 28.8 Å². The highest BCUT2D eigenvalue weighted by Gasteiger charge is 2.23. The lowest BCUT2D eigenvalue weighted by atomic mass is 10.0. The van der Waals surface area contributed by atoms with Crippen LogP contribution in [0, 0.1) is 0 Å². The Hall–Kier alpha value is -1.28. The molecule has 0 bridgehead atoms. The van der Waals surface area contributed by atoms with Gasteiger partial charge in [-0.1, -0.05) is 166 Å². The van der Waals surface area contributed by atoms with Crippen LogP contribution in [0.5, 0.6) is 0 Å². The van der Waals surface area contributed by atoms with Crippen molar-refractivity contribution in [2.45, 2.75) is 206 Å². The van der Waals surface area contributed by atoms with E-state index in [1.807, 2.05) is 27.2 Å². The molecule has 0 fully saturated rings. The molecule has 0 aromatic rings. The van der Waals surface area contributed by atoms with E-state index in [2.05, 4.69) is 43.5 Å². The summed E-state index contributed by atoms with van der Waals surface area (Å²) in [6, 6.07) is -0.905. The minimum absolute atomic E-state index is 0.00794. The third kappa shape index (κ3) is 39.0. The number of hydrogen-bond donors (Lipinski definition) is 2. The third-order valence-corrected chi connectivity index (χ3v) is 10.8. The second kappa shape index (κ2) is 37.3. The molecule has 9 heteroatoms. The van der Waals surface area contributed by atoms with Gasteiger partial charge in [-0.3, -0.25) is 9.36 Å². The summed E-state index contributed by atoms with van der Waals surface area (Å²) in [6.07, 6.45) is 44.8. The van der Waals surface area contributed by atoms with Gasteiger partial charge in [-0.05, 0) is 57.8 Å². The number of phosphoric ester groups is 1. The number of rotatable bonds is 40. The van der Waals surface area contributed by atoms with Gasteiger partial charge in [-0.2, -0.15) is 0 Å². The van der Waals surface area contributed by atoms with E-state index in [-0.39, 0.29) is 12.5 Å². The van der Waals surface area contributed by atoms with Crippen molar-refractivity contribution in [3.8, 4) is 0 Å². The van der Waals surface area contributed by atoms with E-state index in [4.69, 9.17) is 9.05 Å². The zero-order valence-corrected chi connectivity index (χ0v) is 36.8. The average Bonchev–Trinajstić information content (AvgIpc) is 3.12. The van der Waals surface area contributed by atoms with E-state index in [0.29, 0.717) is 17.4 Å². The zero-order chi connectivity index (χ0) is 40.0. The van der Waals surface area contributed by atoms with Gasteiger partial charge >= 0.3 is 0 Å². The van der Waals surface area contributed by atoms with Crippen molar-refractivity contribution >= 4 is 13.7 Å². The van der Waals surface area contributed by atoms with Gasteiger partial charge in [-0.25, -0.2) is 0 Å². The fraction of sp³-hybridized carbons (Fsp3) is 0.844. The first-order chi connectivity index (χ1) is 26.0. The predicted octanol–water partition coefficient (Wildman–Crippen LogP) is 11.7. The van der Waals surface area contributed by atoms with E-state index in [0.717, 1.165) is 57.8 Å². The summed E-state index contributed by atoms with van der Waals surface area (Å²) in [5, 5.41) is 13.7. The summed E-state index contributed by atoms with van der Waals surface area (Å²) in [5.41, 5.74) is 0. The van der Waals surface area contributed by atoms with Gasteiger partial charge in [0, 0.05) is 6.42 Å². The Morgan fingerprint density at radius 1 is 0.630 bits per heavy atom. The normalized spacial score (nSPS) is 14.7. The van der Waals surface area contributed by atoms with Gasteiger partial charge in [0.2, 0.25) is 5.91 Å². The number of hydrogen-bond acceptors (Lipinski definition) is 6. The van der Waals surface area contributed by atoms with Crippen molar-refractivity contribution < 1.29 is 32.9 Å². The van der Waals surface area contributed by atoms with Crippen molar-refractivity contribution in [1.29, 1.82) is 0 Å². The third-order valence-electron chi connectivity index (χ3n) is 9.82. The number of unbranched alkanes of at least 4 members (excludes halogenated alkanes) is 23. The lowest BCUT2D eigenvalue weighted by molar-refractivity contribution is -0.870. The molecule has 0 aromatic carbocycles. The molecule has 0 radical (unpaired) electrons. The van der Waals surface area contributed by atoms with Crippen LogP contribution in [0.2, 0.25) is 0 Å². The number of aliphatic hydroxyl groups excluding tert-OH is 1. The molecule has 0 saturated carbocycles. The van der Waals surface area contributed by atoms with Crippen LogP contribution in [0.4, 0.5) is 0 Å². The fourth-order valence-electron chi connectivity index (χ4n) is 6.22. The second-order valence-electron chi connectivity index (χ2n) is 16.4. The monoisotopic (exact) mass is 783 g/mol. The number of phosphoric acid groups is 1. The number of allylic oxidation sites excluding steroid dienone is 5. The van der Waals surface area contributed by atoms with Gasteiger partial charge in [0.05, 0.1) is 39.9 Å². The number of carbonyl (C=O) groups excluding carboxylic acids is 1. The molecule has 0 saturated heterocycles. The Morgan fingerprint density at radius 2 is 1.04 bits per heavy atom. The number of quaternary nitrogens is 1. The quantitative estimate of drug-likeness (QED) is 0.0277. The summed E-state index contributed by atoms with van der Waals surface area (Å²) in [6.45, 7) is 4.60. The minimum Gasteiger partial charge on any atom is -0.756 e. The topological polar surface area (TPSA) is 108 Å². The summed E-state index contributed by atoms with van der Waals surface area (Å²) in [5.74, 6) is -0.217. The highest BCUT2D eigenvalue weighted by Crippen LogP contribution is 2.38. The molecule has 318 valence electrons. The fourth-order valence-corrected chi connectivity index (χ4v) is 6.94. The smallest absolute Gasteiger partial charge is 0.268 e. The van der Waals surface area contributed by atoms with Gasteiger partial charge in [-0.15, -0.1) is 0 Å². The van der Waals surface area contributed by atoms with E-state index >= 15 is 0 Å². The van der Waals surface area contributed by atoms with E-state index < -0.39 is 26.6 Å². The first kappa shape index (κ1) is 52.7. The maximum Gasteiger partial charge on any atom is 0.268 e. The summed E-state index contributed by atoms with van der Waals surface area (Å²) >= 11 is 0. The average molecular weight is 783 g/mol. The lowest BCUT2D eigenvalue weighted by Crippen LogP contribution is -2.45. The van der Waals surface area contributed by atoms with E-state index in [1.54, 1.807) is 6.08 Å². The molecule has 0 aliphatic rings. The van der Waals surface area contributed by atoms with Crippen LogP contribution in [-0.4, -0.2) is 68.5 Å². The van der Waals surface area contributed by atoms with Crippen LogP contribution in [-0.2, 0) is 18.4 Å². The number of nitrogens with one attached hydrogen (secondary N) is 1. The predicted molar refractivity (Wildman–Crippen MR) is 228 cm³/mol.